The fourth-order valence-corrected chi connectivity index (χ4v) is 2.30. The van der Waals surface area contributed by atoms with E-state index in [-0.39, 0.29) is 6.03 Å². The zero-order valence-electron chi connectivity index (χ0n) is 14.1. The van der Waals surface area contributed by atoms with Gasteiger partial charge >= 0.3 is 6.03 Å². The van der Waals surface area contributed by atoms with Crippen LogP contribution in [-0.4, -0.2) is 35.7 Å². The number of aliphatic hydroxyl groups excluding tert-OH is 1. The van der Waals surface area contributed by atoms with Gasteiger partial charge in [0.1, 0.15) is 12.4 Å². The van der Waals surface area contributed by atoms with Gasteiger partial charge in [0.2, 0.25) is 0 Å². The number of para-hydroxylation sites is 1. The lowest BCUT2D eigenvalue weighted by Crippen LogP contribution is -2.40. The van der Waals surface area contributed by atoms with Gasteiger partial charge in [0.25, 0.3) is 0 Å². The molecule has 0 saturated carbocycles. The summed E-state index contributed by atoms with van der Waals surface area (Å²) in [5.41, 5.74) is 2.05. The van der Waals surface area contributed by atoms with Crippen LogP contribution in [0.25, 0.3) is 0 Å². The van der Waals surface area contributed by atoms with Crippen molar-refractivity contribution < 1.29 is 14.6 Å². The summed E-state index contributed by atoms with van der Waals surface area (Å²) < 4.78 is 5.73. The van der Waals surface area contributed by atoms with Crippen molar-refractivity contribution in [3.63, 3.8) is 0 Å². The van der Waals surface area contributed by atoms with Crippen LogP contribution in [0, 0.1) is 0 Å². The summed E-state index contributed by atoms with van der Waals surface area (Å²) in [4.78, 5) is 13.4. The number of amides is 2. The number of nitrogens with zero attached hydrogens (tertiary/aromatic N) is 1. The molecular weight excluding hydrogens is 304 g/mol. The molecule has 0 saturated heterocycles. The Bertz CT molecular complexity index is 644. The molecule has 2 N–H and O–H groups in total. The molecule has 2 aromatic rings. The number of benzene rings is 2. The summed E-state index contributed by atoms with van der Waals surface area (Å²) >= 11 is 0. The Hall–Kier alpha value is -2.53. The van der Waals surface area contributed by atoms with Gasteiger partial charge in [-0.05, 0) is 30.2 Å². The molecular formula is C19H24N2O3. The first-order chi connectivity index (χ1) is 11.5. The molecule has 5 nitrogen and oxygen atoms in total. The monoisotopic (exact) mass is 328 g/mol. The molecule has 128 valence electrons. The molecule has 1 unspecified atom stereocenters. The minimum absolute atomic E-state index is 0.207. The lowest BCUT2D eigenvalue weighted by molar-refractivity contribution is 0.143. The zero-order chi connectivity index (χ0) is 17.4. The van der Waals surface area contributed by atoms with Gasteiger partial charge in [-0.2, -0.15) is 0 Å². The number of hydrogen-bond donors (Lipinski definition) is 2. The van der Waals surface area contributed by atoms with Gasteiger partial charge in [-0.15, -0.1) is 0 Å². The van der Waals surface area contributed by atoms with E-state index in [0.717, 1.165) is 16.9 Å². The molecule has 0 fully saturated rings. The minimum Gasteiger partial charge on any atom is -0.489 e. The van der Waals surface area contributed by atoms with E-state index < -0.39 is 6.10 Å². The Balaban J connectivity index is 1.85. The lowest BCUT2D eigenvalue weighted by atomic mass is 10.1. The van der Waals surface area contributed by atoms with Gasteiger partial charge in [0.15, 0.2) is 0 Å². The highest BCUT2D eigenvalue weighted by atomic mass is 16.5. The lowest BCUT2D eigenvalue weighted by Gasteiger charge is -2.19. The summed E-state index contributed by atoms with van der Waals surface area (Å²) in [5.74, 6) is 0.830. The third-order valence-electron chi connectivity index (χ3n) is 3.47. The average Bonchev–Trinajstić information content (AvgIpc) is 2.58. The maximum absolute atomic E-state index is 11.9. The predicted molar refractivity (Wildman–Crippen MR) is 93.8 cm³/mol. The van der Waals surface area contributed by atoms with E-state index in [4.69, 9.17) is 4.74 Å². The second-order valence-electron chi connectivity index (χ2n) is 5.81. The maximum Gasteiger partial charge on any atom is 0.317 e. The highest BCUT2D eigenvalue weighted by Crippen LogP contribution is 2.12. The first kappa shape index (κ1) is 17.8. The molecule has 1 atom stereocenters. The van der Waals surface area contributed by atoms with E-state index in [1.165, 1.54) is 4.90 Å². The largest absolute Gasteiger partial charge is 0.489 e. The third-order valence-corrected chi connectivity index (χ3v) is 3.47. The Morgan fingerprint density at radius 2 is 1.88 bits per heavy atom. The number of urea groups is 1. The number of carbonyl (C=O) groups excluding carboxylic acids is 1. The molecule has 0 aliphatic rings. The summed E-state index contributed by atoms with van der Waals surface area (Å²) in [6.07, 6.45) is -0.542. The van der Waals surface area contributed by atoms with Crippen LogP contribution in [-0.2, 0) is 13.2 Å². The van der Waals surface area contributed by atoms with Gasteiger partial charge in [0, 0.05) is 20.1 Å². The van der Waals surface area contributed by atoms with Crippen LogP contribution in [0.5, 0.6) is 5.75 Å². The number of rotatable bonds is 7. The van der Waals surface area contributed by atoms with E-state index in [2.05, 4.69) is 5.32 Å². The molecule has 0 aromatic heterocycles. The van der Waals surface area contributed by atoms with Gasteiger partial charge in [0.05, 0.1) is 6.10 Å². The highest BCUT2D eigenvalue weighted by Gasteiger charge is 2.10. The van der Waals surface area contributed by atoms with Crippen LogP contribution in [0.3, 0.4) is 0 Å². The van der Waals surface area contributed by atoms with Crippen LogP contribution in [0.1, 0.15) is 18.1 Å². The topological polar surface area (TPSA) is 61.8 Å². The number of nitrogens with one attached hydrogen (secondary N) is 1. The van der Waals surface area contributed by atoms with Crippen molar-refractivity contribution in [3.05, 3.63) is 65.7 Å². The summed E-state index contributed by atoms with van der Waals surface area (Å²) in [6, 6.07) is 17.4. The van der Waals surface area contributed by atoms with Crippen molar-refractivity contribution in [2.75, 3.05) is 13.6 Å². The molecule has 2 rings (SSSR count). The molecule has 0 bridgehead atoms. The van der Waals surface area contributed by atoms with Crippen LogP contribution in [0.2, 0.25) is 0 Å². The van der Waals surface area contributed by atoms with Crippen molar-refractivity contribution in [1.82, 2.24) is 10.2 Å². The Kier molecular flexibility index (Phi) is 6.63. The second-order valence-corrected chi connectivity index (χ2v) is 5.81. The van der Waals surface area contributed by atoms with Gasteiger partial charge in [-0.3, -0.25) is 0 Å². The van der Waals surface area contributed by atoms with Crippen LogP contribution >= 0.6 is 0 Å². The van der Waals surface area contributed by atoms with Crippen LogP contribution in [0.15, 0.2) is 54.6 Å². The molecule has 2 amide bonds. The quantitative estimate of drug-likeness (QED) is 0.821. The van der Waals surface area contributed by atoms with E-state index >= 15 is 0 Å². The Morgan fingerprint density at radius 1 is 1.17 bits per heavy atom. The smallest absolute Gasteiger partial charge is 0.317 e. The number of aliphatic hydroxyl groups is 1. The van der Waals surface area contributed by atoms with E-state index in [1.54, 1.807) is 14.0 Å². The first-order valence-corrected chi connectivity index (χ1v) is 7.97. The fraction of sp³-hybridized carbons (Fsp3) is 0.316. The molecule has 0 aliphatic heterocycles. The van der Waals surface area contributed by atoms with Gasteiger partial charge in [-0.25, -0.2) is 4.79 Å². The highest BCUT2D eigenvalue weighted by molar-refractivity contribution is 5.73. The fourth-order valence-electron chi connectivity index (χ4n) is 2.30. The summed E-state index contributed by atoms with van der Waals surface area (Å²) in [5, 5.41) is 12.2. The molecule has 5 heteroatoms. The second kappa shape index (κ2) is 8.93. The minimum atomic E-state index is -0.542. The molecule has 24 heavy (non-hydrogen) atoms. The first-order valence-electron chi connectivity index (χ1n) is 7.97. The SMILES string of the molecule is CC(O)CN(C)C(=O)NCc1cccc(COc2ccccc2)c1. The summed E-state index contributed by atoms with van der Waals surface area (Å²) in [6.45, 7) is 2.87. The van der Waals surface area contributed by atoms with Crippen LogP contribution < -0.4 is 10.1 Å². The third kappa shape index (κ3) is 5.93. The molecule has 2 aromatic carbocycles. The molecule has 0 spiro atoms. The molecule has 0 heterocycles. The van der Waals surface area contributed by atoms with Gasteiger partial charge < -0.3 is 20.1 Å². The average molecular weight is 328 g/mol. The standard InChI is InChI=1S/C19H24N2O3/c1-15(22)13-21(2)19(23)20-12-16-7-6-8-17(11-16)14-24-18-9-4-3-5-10-18/h3-11,15,22H,12-14H2,1-2H3,(H,20,23). The Labute approximate surface area is 142 Å². The predicted octanol–water partition coefficient (Wildman–Crippen LogP) is 2.79. The van der Waals surface area contributed by atoms with Crippen molar-refractivity contribution >= 4 is 6.03 Å². The number of likely N-dealkylation sites (N-methyl/N-ethyl adjacent to an activating group) is 1. The summed E-state index contributed by atoms with van der Waals surface area (Å²) in [7, 11) is 1.66. The van der Waals surface area contributed by atoms with Crippen molar-refractivity contribution in [2.24, 2.45) is 0 Å². The van der Waals surface area contributed by atoms with E-state index in [1.807, 2.05) is 54.6 Å². The Morgan fingerprint density at radius 3 is 2.58 bits per heavy atom. The van der Waals surface area contributed by atoms with Crippen molar-refractivity contribution in [2.45, 2.75) is 26.2 Å². The zero-order valence-corrected chi connectivity index (χ0v) is 14.1. The number of hydrogen-bond acceptors (Lipinski definition) is 3. The van der Waals surface area contributed by atoms with Crippen molar-refractivity contribution in [1.29, 1.82) is 0 Å². The number of ether oxygens (including phenoxy) is 1. The van der Waals surface area contributed by atoms with Gasteiger partial charge in [-0.1, -0.05) is 42.5 Å². The molecule has 0 radical (unpaired) electrons. The number of carbonyl (C=O) groups is 1. The van der Waals surface area contributed by atoms with Crippen molar-refractivity contribution in [3.8, 4) is 5.75 Å². The normalized spacial score (nSPS) is 11.6. The van der Waals surface area contributed by atoms with Crippen LogP contribution in [0.4, 0.5) is 4.79 Å². The maximum atomic E-state index is 11.9. The van der Waals surface area contributed by atoms with E-state index in [0.29, 0.717) is 19.7 Å². The van der Waals surface area contributed by atoms with E-state index in [9.17, 15) is 9.90 Å². The molecule has 0 aliphatic carbocycles.